The Hall–Kier alpha value is -2.37. The summed E-state index contributed by atoms with van der Waals surface area (Å²) < 4.78 is 1.52. The number of nitrogens with two attached hydrogens (primary N) is 1. The molecular formula is C9H7N5O. The molecule has 2 heterocycles. The van der Waals surface area contributed by atoms with Crippen LogP contribution in [-0.4, -0.2) is 19.6 Å². The Morgan fingerprint density at radius 2 is 2.07 bits per heavy atom. The van der Waals surface area contributed by atoms with Gasteiger partial charge in [-0.15, -0.1) is 0 Å². The maximum atomic E-state index is 11.3. The summed E-state index contributed by atoms with van der Waals surface area (Å²) in [6.07, 6.45) is 0. The predicted octanol–water partition coefficient (Wildman–Crippen LogP) is 0.153. The van der Waals surface area contributed by atoms with Gasteiger partial charge in [0, 0.05) is 0 Å². The Labute approximate surface area is 83.4 Å². The molecule has 0 fully saturated rings. The van der Waals surface area contributed by atoms with Crippen molar-refractivity contribution in [3.05, 3.63) is 34.6 Å². The maximum absolute atomic E-state index is 11.3. The van der Waals surface area contributed by atoms with Crippen LogP contribution in [0.25, 0.3) is 16.8 Å². The largest absolute Gasteiger partial charge is 0.379 e. The van der Waals surface area contributed by atoms with Gasteiger partial charge in [0.25, 0.3) is 5.78 Å². The topological polar surface area (TPSA) is 89.1 Å². The first-order valence-electron chi connectivity index (χ1n) is 4.39. The van der Waals surface area contributed by atoms with Crippen molar-refractivity contribution in [1.82, 2.24) is 19.6 Å². The fourth-order valence-corrected chi connectivity index (χ4v) is 1.52. The number of H-pyrrole nitrogens is 1. The molecule has 0 unspecified atom stereocenters. The smallest absolute Gasteiger partial charge is 0.305 e. The lowest BCUT2D eigenvalue weighted by molar-refractivity contribution is 0.900. The van der Waals surface area contributed by atoms with E-state index in [4.69, 9.17) is 5.73 Å². The molecule has 0 aliphatic carbocycles. The number of rotatable bonds is 0. The zero-order valence-corrected chi connectivity index (χ0v) is 7.64. The fraction of sp³-hybridized carbons (Fsp3) is 0. The van der Waals surface area contributed by atoms with E-state index in [1.807, 2.05) is 24.3 Å². The number of imidazole rings is 1. The molecule has 0 aliphatic rings. The Kier molecular flexibility index (Phi) is 1.37. The molecular weight excluding hydrogens is 194 g/mol. The average molecular weight is 201 g/mol. The second kappa shape index (κ2) is 2.57. The molecule has 0 saturated carbocycles. The number of aromatic nitrogens is 4. The number of para-hydroxylation sites is 2. The van der Waals surface area contributed by atoms with E-state index >= 15 is 0 Å². The maximum Gasteiger partial charge on any atom is 0.305 e. The van der Waals surface area contributed by atoms with Crippen molar-refractivity contribution in [2.45, 2.75) is 0 Å². The van der Waals surface area contributed by atoms with Crippen molar-refractivity contribution in [2.75, 3.05) is 5.73 Å². The number of hydrogen-bond acceptors (Lipinski definition) is 4. The molecule has 0 radical (unpaired) electrons. The van der Waals surface area contributed by atoms with Crippen LogP contribution in [0.15, 0.2) is 29.1 Å². The first kappa shape index (κ1) is 7.98. The molecule has 15 heavy (non-hydrogen) atoms. The van der Waals surface area contributed by atoms with Crippen LogP contribution in [0.2, 0.25) is 0 Å². The standard InChI is InChI=1S/C9H7N5O/c10-7-8(15)13-14-6-4-2-1-3-5(6)11-9(14)12-7/h1-4H,(H,13,15)(H2,10,11,12). The number of nitrogens with zero attached hydrogens (tertiary/aromatic N) is 3. The third-order valence-corrected chi connectivity index (χ3v) is 2.21. The van der Waals surface area contributed by atoms with E-state index in [2.05, 4.69) is 15.1 Å². The van der Waals surface area contributed by atoms with Crippen molar-refractivity contribution < 1.29 is 0 Å². The van der Waals surface area contributed by atoms with Crippen molar-refractivity contribution in [1.29, 1.82) is 0 Å². The molecule has 74 valence electrons. The van der Waals surface area contributed by atoms with Crippen LogP contribution in [-0.2, 0) is 0 Å². The molecule has 0 amide bonds. The van der Waals surface area contributed by atoms with Crippen LogP contribution in [0.1, 0.15) is 0 Å². The van der Waals surface area contributed by atoms with Crippen molar-refractivity contribution in [3.63, 3.8) is 0 Å². The van der Waals surface area contributed by atoms with E-state index in [0.717, 1.165) is 11.0 Å². The van der Waals surface area contributed by atoms with Gasteiger partial charge in [0.2, 0.25) is 0 Å². The van der Waals surface area contributed by atoms with Gasteiger partial charge in [-0.25, -0.2) is 9.50 Å². The SMILES string of the molecule is Nc1nc2nc3ccccc3n2[nH]c1=O. The summed E-state index contributed by atoms with van der Waals surface area (Å²) in [5.74, 6) is 0.325. The van der Waals surface area contributed by atoms with Crippen LogP contribution >= 0.6 is 0 Å². The lowest BCUT2D eigenvalue weighted by Gasteiger charge is -1.94. The summed E-state index contributed by atoms with van der Waals surface area (Å²) in [5, 5.41) is 2.59. The fourth-order valence-electron chi connectivity index (χ4n) is 1.52. The number of aromatic amines is 1. The highest BCUT2D eigenvalue weighted by atomic mass is 16.1. The van der Waals surface area contributed by atoms with Crippen molar-refractivity contribution >= 4 is 22.6 Å². The Balaban J connectivity index is 2.61. The molecule has 0 aliphatic heterocycles. The number of anilines is 1. The molecule has 2 aromatic heterocycles. The molecule has 3 N–H and O–H groups in total. The third-order valence-electron chi connectivity index (χ3n) is 2.21. The van der Waals surface area contributed by atoms with Crippen LogP contribution in [0.3, 0.4) is 0 Å². The number of fused-ring (bicyclic) bond motifs is 3. The molecule has 0 spiro atoms. The molecule has 0 saturated heterocycles. The minimum atomic E-state index is -0.411. The molecule has 0 bridgehead atoms. The molecule has 1 aromatic carbocycles. The minimum Gasteiger partial charge on any atom is -0.379 e. The molecule has 3 aromatic rings. The second-order valence-electron chi connectivity index (χ2n) is 3.17. The highest BCUT2D eigenvalue weighted by Crippen LogP contribution is 2.12. The Bertz CT molecular complexity index is 711. The first-order valence-corrected chi connectivity index (χ1v) is 4.39. The summed E-state index contributed by atoms with van der Waals surface area (Å²) in [6.45, 7) is 0. The van der Waals surface area contributed by atoms with E-state index in [-0.39, 0.29) is 5.82 Å². The van der Waals surface area contributed by atoms with Gasteiger partial charge in [-0.2, -0.15) is 4.98 Å². The Morgan fingerprint density at radius 1 is 1.27 bits per heavy atom. The predicted molar refractivity (Wildman–Crippen MR) is 55.5 cm³/mol. The van der Waals surface area contributed by atoms with E-state index in [9.17, 15) is 4.79 Å². The lowest BCUT2D eigenvalue weighted by Crippen LogP contribution is -2.17. The molecule has 6 heteroatoms. The van der Waals surface area contributed by atoms with Gasteiger partial charge in [0.05, 0.1) is 11.0 Å². The summed E-state index contributed by atoms with van der Waals surface area (Å²) in [7, 11) is 0. The third kappa shape index (κ3) is 1.01. The lowest BCUT2D eigenvalue weighted by atomic mass is 10.3. The van der Waals surface area contributed by atoms with Gasteiger partial charge < -0.3 is 5.73 Å². The van der Waals surface area contributed by atoms with Crippen LogP contribution in [0.4, 0.5) is 5.82 Å². The van der Waals surface area contributed by atoms with E-state index in [1.54, 1.807) is 0 Å². The Morgan fingerprint density at radius 3 is 2.93 bits per heavy atom. The average Bonchev–Trinajstić information content (AvgIpc) is 2.57. The van der Waals surface area contributed by atoms with E-state index < -0.39 is 5.56 Å². The summed E-state index contributed by atoms with van der Waals surface area (Å²) in [4.78, 5) is 19.4. The van der Waals surface area contributed by atoms with Gasteiger partial charge in [-0.05, 0) is 12.1 Å². The second-order valence-corrected chi connectivity index (χ2v) is 3.17. The van der Waals surface area contributed by atoms with Gasteiger partial charge in [0.1, 0.15) is 0 Å². The minimum absolute atomic E-state index is 0.0715. The summed E-state index contributed by atoms with van der Waals surface area (Å²) >= 11 is 0. The molecule has 0 atom stereocenters. The van der Waals surface area contributed by atoms with Crippen molar-refractivity contribution in [3.8, 4) is 0 Å². The van der Waals surface area contributed by atoms with Crippen LogP contribution in [0.5, 0.6) is 0 Å². The highest BCUT2D eigenvalue weighted by molar-refractivity contribution is 5.78. The zero-order valence-electron chi connectivity index (χ0n) is 7.64. The first-order chi connectivity index (χ1) is 7.25. The normalized spacial score (nSPS) is 11.2. The van der Waals surface area contributed by atoms with Crippen LogP contribution < -0.4 is 11.3 Å². The van der Waals surface area contributed by atoms with E-state index in [0.29, 0.717) is 5.78 Å². The number of nitrogens with one attached hydrogen (secondary N) is 1. The monoisotopic (exact) mass is 201 g/mol. The van der Waals surface area contributed by atoms with Gasteiger partial charge in [-0.1, -0.05) is 12.1 Å². The van der Waals surface area contributed by atoms with Gasteiger partial charge >= 0.3 is 5.56 Å². The van der Waals surface area contributed by atoms with Crippen LogP contribution in [0, 0.1) is 0 Å². The van der Waals surface area contributed by atoms with E-state index in [1.165, 1.54) is 4.52 Å². The molecule has 3 rings (SSSR count). The number of nitrogen functional groups attached to an aromatic ring is 1. The zero-order chi connectivity index (χ0) is 10.4. The number of benzene rings is 1. The summed E-state index contributed by atoms with van der Waals surface area (Å²) in [5.41, 5.74) is 6.56. The van der Waals surface area contributed by atoms with Crippen molar-refractivity contribution in [2.24, 2.45) is 0 Å². The summed E-state index contributed by atoms with van der Waals surface area (Å²) in [6, 6.07) is 7.43. The van der Waals surface area contributed by atoms with Gasteiger partial charge in [-0.3, -0.25) is 9.89 Å². The molecule has 6 nitrogen and oxygen atoms in total. The quantitative estimate of drug-likeness (QED) is 0.542. The van der Waals surface area contributed by atoms with Gasteiger partial charge in [0.15, 0.2) is 5.82 Å². The number of hydrogen-bond donors (Lipinski definition) is 2. The highest BCUT2D eigenvalue weighted by Gasteiger charge is 2.06.